The summed E-state index contributed by atoms with van der Waals surface area (Å²) in [6.07, 6.45) is 2.12. The summed E-state index contributed by atoms with van der Waals surface area (Å²) in [7, 11) is 0. The molecule has 0 aromatic heterocycles. The normalized spacial score (nSPS) is 15.6. The van der Waals surface area contributed by atoms with Gasteiger partial charge in [-0.1, -0.05) is 34.1 Å². The molecule has 3 amide bonds. The SMILES string of the molecule is CCC(C)C(NC(=O)C(NC(=O)C(N)CCSC)C(C)C)C(=O)NC(CCC(=O)O)C(=O)O. The topological polar surface area (TPSA) is 188 Å². The number of carboxylic acids is 2. The standard InChI is InChI=1S/C21H38N4O7S/c1-6-12(4)17(20(30)23-14(21(31)32)7-8-15(26)27)25-19(29)16(11(2)3)24-18(28)13(22)9-10-33-5/h11-14,16-17H,6-10,22H2,1-5H3,(H,23,30)(H,24,28)(H,25,29)(H,26,27)(H,31,32). The summed E-state index contributed by atoms with van der Waals surface area (Å²) in [4.78, 5) is 60.4. The largest absolute Gasteiger partial charge is 0.481 e. The van der Waals surface area contributed by atoms with Crippen molar-refractivity contribution in [2.45, 2.75) is 77.5 Å². The van der Waals surface area contributed by atoms with Gasteiger partial charge in [0.2, 0.25) is 17.7 Å². The van der Waals surface area contributed by atoms with E-state index in [0.717, 1.165) is 0 Å². The molecule has 0 bridgehead atoms. The molecular formula is C21H38N4O7S. The average molecular weight is 491 g/mol. The summed E-state index contributed by atoms with van der Waals surface area (Å²) in [5.74, 6) is -4.31. The van der Waals surface area contributed by atoms with E-state index in [0.29, 0.717) is 18.6 Å². The summed E-state index contributed by atoms with van der Waals surface area (Å²) in [6, 6.07) is -4.20. The summed E-state index contributed by atoms with van der Waals surface area (Å²) in [6.45, 7) is 7.01. The van der Waals surface area contributed by atoms with Crippen LogP contribution in [0.15, 0.2) is 0 Å². The van der Waals surface area contributed by atoms with Crippen molar-refractivity contribution in [2.75, 3.05) is 12.0 Å². The molecule has 0 aliphatic rings. The van der Waals surface area contributed by atoms with Crippen LogP contribution in [0.1, 0.15) is 53.4 Å². The highest BCUT2D eigenvalue weighted by Crippen LogP contribution is 2.12. The maximum Gasteiger partial charge on any atom is 0.326 e. The van der Waals surface area contributed by atoms with E-state index in [1.165, 1.54) is 0 Å². The van der Waals surface area contributed by atoms with Gasteiger partial charge < -0.3 is 31.9 Å². The Hall–Kier alpha value is -2.34. The van der Waals surface area contributed by atoms with Crippen molar-refractivity contribution in [3.8, 4) is 0 Å². The van der Waals surface area contributed by atoms with Crippen LogP contribution in [0.2, 0.25) is 0 Å². The lowest BCUT2D eigenvalue weighted by Gasteiger charge is -2.29. The maximum absolute atomic E-state index is 13.0. The van der Waals surface area contributed by atoms with E-state index in [2.05, 4.69) is 16.0 Å². The lowest BCUT2D eigenvalue weighted by atomic mass is 9.96. The Morgan fingerprint density at radius 1 is 0.879 bits per heavy atom. The number of nitrogens with two attached hydrogens (primary N) is 1. The first-order valence-corrected chi connectivity index (χ1v) is 12.3. The van der Waals surface area contributed by atoms with Crippen LogP contribution < -0.4 is 21.7 Å². The number of amides is 3. The molecule has 0 fully saturated rings. The van der Waals surface area contributed by atoms with Crippen LogP contribution in [-0.4, -0.2) is 76.0 Å². The summed E-state index contributed by atoms with van der Waals surface area (Å²) in [5, 5.41) is 25.7. The second kappa shape index (κ2) is 15.5. The summed E-state index contributed by atoms with van der Waals surface area (Å²) < 4.78 is 0. The molecule has 12 heteroatoms. The van der Waals surface area contributed by atoms with Crippen LogP contribution >= 0.6 is 11.8 Å². The number of hydrogen-bond acceptors (Lipinski definition) is 7. The second-order valence-electron chi connectivity index (χ2n) is 8.32. The quantitative estimate of drug-likeness (QED) is 0.175. The number of carbonyl (C=O) groups excluding carboxylic acids is 3. The van der Waals surface area contributed by atoms with Gasteiger partial charge in [0.1, 0.15) is 18.1 Å². The second-order valence-corrected chi connectivity index (χ2v) is 9.31. The van der Waals surface area contributed by atoms with E-state index in [1.54, 1.807) is 32.5 Å². The monoisotopic (exact) mass is 490 g/mol. The lowest BCUT2D eigenvalue weighted by Crippen LogP contribution is -2.59. The molecule has 5 unspecified atom stereocenters. The van der Waals surface area contributed by atoms with Gasteiger partial charge in [0.15, 0.2) is 0 Å². The summed E-state index contributed by atoms with van der Waals surface area (Å²) in [5.41, 5.74) is 5.89. The van der Waals surface area contributed by atoms with Gasteiger partial charge in [-0.25, -0.2) is 4.79 Å². The third kappa shape index (κ3) is 11.4. The van der Waals surface area contributed by atoms with Crippen molar-refractivity contribution >= 4 is 41.4 Å². The number of nitrogens with one attached hydrogen (secondary N) is 3. The highest BCUT2D eigenvalue weighted by atomic mass is 32.2. The van der Waals surface area contributed by atoms with E-state index in [4.69, 9.17) is 10.8 Å². The zero-order chi connectivity index (χ0) is 25.7. The van der Waals surface area contributed by atoms with Crippen LogP contribution in [0.5, 0.6) is 0 Å². The molecule has 0 heterocycles. The molecule has 0 rings (SSSR count). The van der Waals surface area contributed by atoms with Crippen LogP contribution in [0.3, 0.4) is 0 Å². The van der Waals surface area contributed by atoms with Gasteiger partial charge in [0.25, 0.3) is 0 Å². The van der Waals surface area contributed by atoms with Gasteiger partial charge >= 0.3 is 11.9 Å². The van der Waals surface area contributed by atoms with E-state index < -0.39 is 60.2 Å². The molecule has 190 valence electrons. The molecule has 7 N–H and O–H groups in total. The molecule has 0 saturated carbocycles. The predicted octanol–water partition coefficient (Wildman–Crippen LogP) is 0.173. The molecule has 0 aromatic carbocycles. The third-order valence-corrected chi connectivity index (χ3v) is 5.92. The fourth-order valence-corrected chi connectivity index (χ4v) is 3.39. The number of hydrogen-bond donors (Lipinski definition) is 6. The Morgan fingerprint density at radius 3 is 1.88 bits per heavy atom. The van der Waals surface area contributed by atoms with Gasteiger partial charge in [0.05, 0.1) is 6.04 Å². The Labute approximate surface area is 199 Å². The van der Waals surface area contributed by atoms with E-state index in [-0.39, 0.29) is 18.3 Å². The fraction of sp³-hybridized carbons (Fsp3) is 0.762. The van der Waals surface area contributed by atoms with Crippen LogP contribution in [0, 0.1) is 11.8 Å². The van der Waals surface area contributed by atoms with Crippen molar-refractivity contribution in [1.29, 1.82) is 0 Å². The Balaban J connectivity index is 5.44. The molecule has 0 aliphatic carbocycles. The van der Waals surface area contributed by atoms with E-state index in [9.17, 15) is 29.1 Å². The minimum atomic E-state index is -1.41. The number of aliphatic carboxylic acids is 2. The summed E-state index contributed by atoms with van der Waals surface area (Å²) >= 11 is 1.55. The molecule has 5 atom stereocenters. The number of carbonyl (C=O) groups is 5. The number of thioether (sulfide) groups is 1. The highest BCUT2D eigenvalue weighted by Gasteiger charge is 2.33. The molecule has 0 saturated heterocycles. The predicted molar refractivity (Wildman–Crippen MR) is 126 cm³/mol. The van der Waals surface area contributed by atoms with E-state index in [1.807, 2.05) is 13.2 Å². The Bertz CT molecular complexity index is 690. The van der Waals surface area contributed by atoms with Crippen molar-refractivity contribution < 1.29 is 34.2 Å². The van der Waals surface area contributed by atoms with Gasteiger partial charge in [-0.2, -0.15) is 11.8 Å². The molecule has 0 spiro atoms. The van der Waals surface area contributed by atoms with Crippen molar-refractivity contribution in [1.82, 2.24) is 16.0 Å². The number of carboxylic acid groups (broad SMARTS) is 2. The molecule has 11 nitrogen and oxygen atoms in total. The van der Waals surface area contributed by atoms with Gasteiger partial charge in [-0.3, -0.25) is 19.2 Å². The zero-order valence-corrected chi connectivity index (χ0v) is 20.7. The van der Waals surface area contributed by atoms with Crippen LogP contribution in [-0.2, 0) is 24.0 Å². The molecular weight excluding hydrogens is 452 g/mol. The first kappa shape index (κ1) is 30.7. The van der Waals surface area contributed by atoms with Crippen molar-refractivity contribution in [2.24, 2.45) is 17.6 Å². The Kier molecular flexibility index (Phi) is 14.4. The van der Waals surface area contributed by atoms with Gasteiger partial charge in [-0.05, 0) is 36.7 Å². The fourth-order valence-electron chi connectivity index (χ4n) is 2.90. The zero-order valence-electron chi connectivity index (χ0n) is 19.9. The first-order chi connectivity index (χ1) is 15.3. The van der Waals surface area contributed by atoms with Gasteiger partial charge in [0, 0.05) is 6.42 Å². The third-order valence-electron chi connectivity index (χ3n) is 5.27. The van der Waals surface area contributed by atoms with Crippen molar-refractivity contribution in [3.05, 3.63) is 0 Å². The smallest absolute Gasteiger partial charge is 0.326 e. The molecule has 33 heavy (non-hydrogen) atoms. The molecule has 0 aromatic rings. The minimum Gasteiger partial charge on any atom is -0.481 e. The van der Waals surface area contributed by atoms with E-state index >= 15 is 0 Å². The van der Waals surface area contributed by atoms with Gasteiger partial charge in [-0.15, -0.1) is 0 Å². The van der Waals surface area contributed by atoms with Crippen LogP contribution in [0.4, 0.5) is 0 Å². The molecule has 0 radical (unpaired) electrons. The van der Waals surface area contributed by atoms with Crippen molar-refractivity contribution in [3.63, 3.8) is 0 Å². The Morgan fingerprint density at radius 2 is 1.42 bits per heavy atom. The first-order valence-electron chi connectivity index (χ1n) is 11.0. The minimum absolute atomic E-state index is 0.295. The average Bonchev–Trinajstić information content (AvgIpc) is 2.74. The molecule has 0 aliphatic heterocycles. The lowest BCUT2D eigenvalue weighted by molar-refractivity contribution is -0.143. The highest BCUT2D eigenvalue weighted by molar-refractivity contribution is 7.98. The van der Waals surface area contributed by atoms with Crippen LogP contribution in [0.25, 0.3) is 0 Å². The number of rotatable bonds is 16. The maximum atomic E-state index is 13.0.